The van der Waals surface area contributed by atoms with E-state index in [-0.39, 0.29) is 12.4 Å². The third-order valence-corrected chi connectivity index (χ3v) is 3.05. The van der Waals surface area contributed by atoms with Gasteiger partial charge in [-0.15, -0.1) is 12.4 Å². The molecule has 0 spiro atoms. The normalized spacial score (nSPS) is 12.6. The number of fused-ring (bicyclic) bond motifs is 1. The highest BCUT2D eigenvalue weighted by Gasteiger charge is 2.12. The Labute approximate surface area is 118 Å². The molecule has 0 aliphatic rings. The minimum absolute atomic E-state index is 0. The van der Waals surface area contributed by atoms with Crippen molar-refractivity contribution in [1.29, 1.82) is 0 Å². The van der Waals surface area contributed by atoms with E-state index >= 15 is 0 Å². The predicted molar refractivity (Wildman–Crippen MR) is 76.4 cm³/mol. The van der Waals surface area contributed by atoms with Gasteiger partial charge in [-0.3, -0.25) is 0 Å². The smallest absolute Gasteiger partial charge is 0.163 e. The first-order valence-electron chi connectivity index (χ1n) is 6.25. The molecule has 0 bridgehead atoms. The number of nitrogens with zero attached hydrogens (tertiary/aromatic N) is 5. The summed E-state index contributed by atoms with van der Waals surface area (Å²) in [6, 6.07) is 0. The Balaban J connectivity index is 0.00000180. The van der Waals surface area contributed by atoms with Gasteiger partial charge in [0.05, 0.1) is 25.2 Å². The molecule has 2 rings (SSSR count). The molecule has 1 N–H and O–H groups in total. The average Bonchev–Trinajstić information content (AvgIpc) is 2.79. The van der Waals surface area contributed by atoms with Crippen LogP contribution >= 0.6 is 12.4 Å². The Morgan fingerprint density at radius 3 is 2.74 bits per heavy atom. The predicted octanol–water partition coefficient (Wildman–Crippen LogP) is 0.951. The highest BCUT2D eigenvalue weighted by atomic mass is 35.5. The molecule has 0 saturated carbocycles. The van der Waals surface area contributed by atoms with Gasteiger partial charge in [0.25, 0.3) is 0 Å². The van der Waals surface area contributed by atoms with E-state index < -0.39 is 6.10 Å². The van der Waals surface area contributed by atoms with E-state index in [1.54, 1.807) is 12.5 Å². The first kappa shape index (κ1) is 15.8. The van der Waals surface area contributed by atoms with Gasteiger partial charge in [-0.1, -0.05) is 13.8 Å². The molecular formula is C12H20ClN5O. The molecule has 1 atom stereocenters. The number of aliphatic hydroxyl groups excluding tert-OH is 1. The molecule has 0 amide bonds. The van der Waals surface area contributed by atoms with Crippen molar-refractivity contribution >= 4 is 23.6 Å². The van der Waals surface area contributed by atoms with Crippen LogP contribution in [0.3, 0.4) is 0 Å². The second-order valence-electron chi connectivity index (χ2n) is 4.27. The summed E-state index contributed by atoms with van der Waals surface area (Å²) < 4.78 is 1.87. The Kier molecular flexibility index (Phi) is 6.14. The molecular weight excluding hydrogens is 266 g/mol. The number of hydrogen-bond donors (Lipinski definition) is 1. The van der Waals surface area contributed by atoms with Gasteiger partial charge in [0, 0.05) is 6.54 Å². The maximum absolute atomic E-state index is 10.1. The minimum atomic E-state index is -0.419. The maximum atomic E-state index is 10.1. The summed E-state index contributed by atoms with van der Waals surface area (Å²) in [6.45, 7) is 7.24. The fourth-order valence-corrected chi connectivity index (χ4v) is 2.01. The largest absolute Gasteiger partial charge is 0.390 e. The fourth-order valence-electron chi connectivity index (χ4n) is 2.01. The average molecular weight is 286 g/mol. The molecule has 0 aromatic carbocycles. The molecule has 7 heteroatoms. The van der Waals surface area contributed by atoms with Crippen LogP contribution in [0.5, 0.6) is 0 Å². The molecule has 0 aliphatic carbocycles. The van der Waals surface area contributed by atoms with Crippen molar-refractivity contribution in [2.24, 2.45) is 0 Å². The van der Waals surface area contributed by atoms with E-state index in [0.29, 0.717) is 13.1 Å². The third-order valence-electron chi connectivity index (χ3n) is 3.05. The summed E-state index contributed by atoms with van der Waals surface area (Å²) in [4.78, 5) is 14.5. The van der Waals surface area contributed by atoms with Crippen LogP contribution in [0.4, 0.5) is 0 Å². The summed E-state index contributed by atoms with van der Waals surface area (Å²) >= 11 is 0. The molecule has 2 aromatic heterocycles. The van der Waals surface area contributed by atoms with Gasteiger partial charge in [-0.25, -0.2) is 15.0 Å². The topological polar surface area (TPSA) is 67.1 Å². The number of aliphatic hydroxyl groups is 1. The second-order valence-corrected chi connectivity index (χ2v) is 4.27. The van der Waals surface area contributed by atoms with Crippen molar-refractivity contribution in [3.63, 3.8) is 0 Å². The molecule has 0 aliphatic heterocycles. The van der Waals surface area contributed by atoms with Crippen molar-refractivity contribution in [3.05, 3.63) is 18.9 Å². The molecule has 106 valence electrons. The summed E-state index contributed by atoms with van der Waals surface area (Å²) in [7, 11) is 0. The molecule has 0 saturated heterocycles. The molecule has 0 fully saturated rings. The summed E-state index contributed by atoms with van der Waals surface area (Å²) in [5, 5.41) is 10.1. The zero-order valence-electron chi connectivity index (χ0n) is 11.2. The Morgan fingerprint density at radius 1 is 1.32 bits per heavy atom. The van der Waals surface area contributed by atoms with Gasteiger partial charge in [-0.2, -0.15) is 0 Å². The standard InChI is InChI=1S/C12H19N5O.ClH/c1-3-16(4-2)6-10(18)7-17-9-15-11-5-13-8-14-12(11)17;/h5,8-10,18H,3-4,6-7H2,1-2H3;1H. The van der Waals surface area contributed by atoms with Gasteiger partial charge < -0.3 is 14.6 Å². The lowest BCUT2D eigenvalue weighted by Crippen LogP contribution is -2.34. The van der Waals surface area contributed by atoms with Crippen LogP contribution in [0, 0.1) is 0 Å². The second kappa shape index (κ2) is 7.37. The van der Waals surface area contributed by atoms with Gasteiger partial charge in [-0.05, 0) is 13.1 Å². The van der Waals surface area contributed by atoms with Crippen molar-refractivity contribution in [2.75, 3.05) is 19.6 Å². The highest BCUT2D eigenvalue weighted by molar-refractivity contribution is 5.85. The fraction of sp³-hybridized carbons (Fsp3) is 0.583. The van der Waals surface area contributed by atoms with E-state index in [1.807, 2.05) is 4.57 Å². The van der Waals surface area contributed by atoms with Crippen LogP contribution in [0.1, 0.15) is 13.8 Å². The number of aromatic nitrogens is 4. The monoisotopic (exact) mass is 285 g/mol. The van der Waals surface area contributed by atoms with Gasteiger partial charge in [0.15, 0.2) is 5.65 Å². The quantitative estimate of drug-likeness (QED) is 0.856. The van der Waals surface area contributed by atoms with Crippen molar-refractivity contribution < 1.29 is 5.11 Å². The lowest BCUT2D eigenvalue weighted by molar-refractivity contribution is 0.104. The molecule has 2 aromatic rings. The SMILES string of the molecule is CCN(CC)CC(O)Cn1cnc2cncnc21.Cl. The van der Waals surface area contributed by atoms with Gasteiger partial charge >= 0.3 is 0 Å². The van der Waals surface area contributed by atoms with Gasteiger partial charge in [0.2, 0.25) is 0 Å². The van der Waals surface area contributed by atoms with E-state index in [4.69, 9.17) is 0 Å². The summed E-state index contributed by atoms with van der Waals surface area (Å²) in [6.07, 6.45) is 4.45. The highest BCUT2D eigenvalue weighted by Crippen LogP contribution is 2.08. The van der Waals surface area contributed by atoms with Crippen molar-refractivity contribution in [2.45, 2.75) is 26.5 Å². The van der Waals surface area contributed by atoms with Crippen LogP contribution < -0.4 is 0 Å². The molecule has 6 nitrogen and oxygen atoms in total. The van der Waals surface area contributed by atoms with Crippen LogP contribution in [-0.4, -0.2) is 55.3 Å². The number of hydrogen-bond acceptors (Lipinski definition) is 5. The molecule has 19 heavy (non-hydrogen) atoms. The third kappa shape index (κ3) is 3.86. The van der Waals surface area contributed by atoms with Crippen LogP contribution in [0.2, 0.25) is 0 Å². The van der Waals surface area contributed by atoms with E-state index in [9.17, 15) is 5.11 Å². The molecule has 0 radical (unpaired) electrons. The summed E-state index contributed by atoms with van der Waals surface area (Å²) in [5.74, 6) is 0. The summed E-state index contributed by atoms with van der Waals surface area (Å²) in [5.41, 5.74) is 1.52. The lowest BCUT2D eigenvalue weighted by Gasteiger charge is -2.22. The van der Waals surface area contributed by atoms with E-state index in [0.717, 1.165) is 24.3 Å². The number of rotatable bonds is 6. The lowest BCUT2D eigenvalue weighted by atomic mass is 10.3. The number of imidazole rings is 1. The number of likely N-dealkylation sites (N-methyl/N-ethyl adjacent to an activating group) is 1. The van der Waals surface area contributed by atoms with E-state index in [2.05, 4.69) is 33.7 Å². The van der Waals surface area contributed by atoms with Crippen LogP contribution in [0.15, 0.2) is 18.9 Å². The molecule has 1 unspecified atom stereocenters. The maximum Gasteiger partial charge on any atom is 0.163 e. The number of halogens is 1. The van der Waals surface area contributed by atoms with Crippen LogP contribution in [0.25, 0.3) is 11.2 Å². The Hall–Kier alpha value is -1.24. The van der Waals surface area contributed by atoms with Crippen molar-refractivity contribution in [3.8, 4) is 0 Å². The van der Waals surface area contributed by atoms with E-state index in [1.165, 1.54) is 6.33 Å². The first-order valence-corrected chi connectivity index (χ1v) is 6.25. The Morgan fingerprint density at radius 2 is 2.05 bits per heavy atom. The Bertz CT molecular complexity index is 500. The van der Waals surface area contributed by atoms with Crippen LogP contribution in [-0.2, 0) is 6.54 Å². The zero-order chi connectivity index (χ0) is 13.0. The zero-order valence-corrected chi connectivity index (χ0v) is 12.0. The van der Waals surface area contributed by atoms with Gasteiger partial charge in [0.1, 0.15) is 11.8 Å². The first-order chi connectivity index (χ1) is 8.74. The minimum Gasteiger partial charge on any atom is -0.390 e. The van der Waals surface area contributed by atoms with Crippen molar-refractivity contribution in [1.82, 2.24) is 24.4 Å². The molecule has 2 heterocycles.